The van der Waals surface area contributed by atoms with Crippen LogP contribution in [0.3, 0.4) is 0 Å². The Morgan fingerprint density at radius 2 is 2.60 bits per heavy atom. The molecule has 0 aliphatic carbocycles. The molecule has 0 saturated carbocycles. The van der Waals surface area contributed by atoms with Crippen LogP contribution in [0.2, 0.25) is 0 Å². The zero-order chi connectivity index (χ0) is 7.40. The predicted molar refractivity (Wildman–Crippen MR) is 46.2 cm³/mol. The fourth-order valence-electron chi connectivity index (χ4n) is 0.860. The molecule has 0 bridgehead atoms. The van der Waals surface area contributed by atoms with Gasteiger partial charge in [-0.15, -0.1) is 11.3 Å². The van der Waals surface area contributed by atoms with Crippen molar-refractivity contribution < 1.29 is 0 Å². The van der Waals surface area contributed by atoms with Crippen molar-refractivity contribution in [1.82, 2.24) is 4.98 Å². The number of rotatable bonds is 3. The molecule has 1 rings (SSSR count). The smallest absolute Gasteiger partial charge is 0.0801 e. The van der Waals surface area contributed by atoms with Gasteiger partial charge in [0.05, 0.1) is 11.2 Å². The molecular weight excluding hydrogens is 142 g/mol. The van der Waals surface area contributed by atoms with Gasteiger partial charge in [-0.05, 0) is 12.5 Å². The van der Waals surface area contributed by atoms with Crippen LogP contribution in [0, 0.1) is 0 Å². The van der Waals surface area contributed by atoms with Crippen LogP contribution in [0.25, 0.3) is 6.08 Å². The third-order valence-corrected chi connectivity index (χ3v) is 2.25. The molecule has 0 N–H and O–H groups in total. The molecule has 0 fully saturated rings. The molecule has 10 heavy (non-hydrogen) atoms. The molecule has 0 radical (unpaired) electrons. The van der Waals surface area contributed by atoms with Crippen molar-refractivity contribution in [2.24, 2.45) is 0 Å². The summed E-state index contributed by atoms with van der Waals surface area (Å²) >= 11 is 1.72. The van der Waals surface area contributed by atoms with Crippen molar-refractivity contribution in [1.29, 1.82) is 0 Å². The molecule has 1 aromatic heterocycles. The molecule has 54 valence electrons. The molecule has 0 unspecified atom stereocenters. The first-order valence-electron chi connectivity index (χ1n) is 3.43. The van der Waals surface area contributed by atoms with Crippen LogP contribution in [0.1, 0.15) is 23.9 Å². The molecule has 1 nitrogen and oxygen atoms in total. The van der Waals surface area contributed by atoms with E-state index < -0.39 is 0 Å². The van der Waals surface area contributed by atoms with Gasteiger partial charge in [-0.2, -0.15) is 0 Å². The first-order chi connectivity index (χ1) is 4.88. The van der Waals surface area contributed by atoms with Gasteiger partial charge in [0.1, 0.15) is 0 Å². The number of aromatic nitrogens is 1. The standard InChI is InChI=1S/C8H11NS/c1-3-5-8-7(4-2)9-6-10-8/h4,6H,2-3,5H2,1H3. The third kappa shape index (κ3) is 1.45. The number of hydrogen-bond acceptors (Lipinski definition) is 2. The molecule has 0 spiro atoms. The van der Waals surface area contributed by atoms with Crippen molar-refractivity contribution >= 4 is 17.4 Å². The summed E-state index contributed by atoms with van der Waals surface area (Å²) in [6, 6.07) is 0. The minimum atomic E-state index is 1.06. The maximum absolute atomic E-state index is 4.15. The summed E-state index contributed by atoms with van der Waals surface area (Å²) in [7, 11) is 0. The normalized spacial score (nSPS) is 9.70. The molecule has 0 aliphatic heterocycles. The van der Waals surface area contributed by atoms with Crippen molar-refractivity contribution in [3.05, 3.63) is 22.7 Å². The van der Waals surface area contributed by atoms with Gasteiger partial charge >= 0.3 is 0 Å². The second kappa shape index (κ2) is 3.52. The topological polar surface area (TPSA) is 12.9 Å². The van der Waals surface area contributed by atoms with Crippen molar-refractivity contribution in [2.45, 2.75) is 19.8 Å². The van der Waals surface area contributed by atoms with Crippen LogP contribution >= 0.6 is 11.3 Å². The Morgan fingerprint density at radius 3 is 3.20 bits per heavy atom. The van der Waals surface area contributed by atoms with Gasteiger partial charge in [0, 0.05) is 4.88 Å². The zero-order valence-electron chi connectivity index (χ0n) is 6.13. The summed E-state index contributed by atoms with van der Waals surface area (Å²) in [5.74, 6) is 0. The molecule has 0 amide bonds. The molecular formula is C8H11NS. The van der Waals surface area contributed by atoms with E-state index in [-0.39, 0.29) is 0 Å². The lowest BCUT2D eigenvalue weighted by Crippen LogP contribution is -1.80. The minimum Gasteiger partial charge on any atom is -0.245 e. The van der Waals surface area contributed by atoms with E-state index in [1.54, 1.807) is 11.3 Å². The van der Waals surface area contributed by atoms with Gasteiger partial charge in [-0.25, -0.2) is 4.98 Å². The van der Waals surface area contributed by atoms with Gasteiger partial charge in [0.15, 0.2) is 0 Å². The largest absolute Gasteiger partial charge is 0.245 e. The maximum Gasteiger partial charge on any atom is 0.0801 e. The summed E-state index contributed by atoms with van der Waals surface area (Å²) < 4.78 is 0. The van der Waals surface area contributed by atoms with E-state index in [1.165, 1.54) is 11.3 Å². The molecule has 0 aliphatic rings. The summed E-state index contributed by atoms with van der Waals surface area (Å²) in [6.45, 7) is 5.86. The quantitative estimate of drug-likeness (QED) is 0.650. The fraction of sp³-hybridized carbons (Fsp3) is 0.375. The molecule has 0 aromatic carbocycles. The lowest BCUT2D eigenvalue weighted by molar-refractivity contribution is 0.933. The first-order valence-corrected chi connectivity index (χ1v) is 4.31. The Bertz CT molecular complexity index is 215. The van der Waals surface area contributed by atoms with Crippen LogP contribution in [-0.2, 0) is 6.42 Å². The second-order valence-electron chi connectivity index (χ2n) is 2.11. The summed E-state index contributed by atoms with van der Waals surface area (Å²) in [4.78, 5) is 5.51. The van der Waals surface area contributed by atoms with Crippen LogP contribution < -0.4 is 0 Å². The summed E-state index contributed by atoms with van der Waals surface area (Å²) in [5.41, 5.74) is 2.94. The number of hydrogen-bond donors (Lipinski definition) is 0. The highest BCUT2D eigenvalue weighted by atomic mass is 32.1. The highest BCUT2D eigenvalue weighted by Gasteiger charge is 1.99. The van der Waals surface area contributed by atoms with E-state index in [0.717, 1.165) is 12.1 Å². The van der Waals surface area contributed by atoms with Gasteiger partial charge in [0.2, 0.25) is 0 Å². The highest BCUT2D eigenvalue weighted by Crippen LogP contribution is 2.15. The Morgan fingerprint density at radius 1 is 1.80 bits per heavy atom. The van der Waals surface area contributed by atoms with Crippen molar-refractivity contribution in [2.75, 3.05) is 0 Å². The van der Waals surface area contributed by atoms with Gasteiger partial charge in [-0.1, -0.05) is 19.9 Å². The fourth-order valence-corrected chi connectivity index (χ4v) is 1.73. The number of thiazole rings is 1. The van der Waals surface area contributed by atoms with E-state index in [9.17, 15) is 0 Å². The van der Waals surface area contributed by atoms with Gasteiger partial charge < -0.3 is 0 Å². The third-order valence-electron chi connectivity index (χ3n) is 1.34. The molecule has 0 saturated heterocycles. The van der Waals surface area contributed by atoms with Crippen LogP contribution in [0.4, 0.5) is 0 Å². The predicted octanol–water partition coefficient (Wildman–Crippen LogP) is 2.74. The number of aryl methyl sites for hydroxylation is 1. The van der Waals surface area contributed by atoms with E-state index in [1.807, 2.05) is 11.6 Å². The summed E-state index contributed by atoms with van der Waals surface area (Å²) in [5, 5.41) is 0. The average molecular weight is 153 g/mol. The monoisotopic (exact) mass is 153 g/mol. The number of nitrogens with zero attached hydrogens (tertiary/aromatic N) is 1. The van der Waals surface area contributed by atoms with Crippen molar-refractivity contribution in [3.63, 3.8) is 0 Å². The minimum absolute atomic E-state index is 1.06. The second-order valence-corrected chi connectivity index (χ2v) is 3.05. The molecule has 1 aromatic rings. The van der Waals surface area contributed by atoms with Crippen LogP contribution in [0.15, 0.2) is 12.1 Å². The Hall–Kier alpha value is -0.630. The Labute approximate surface area is 65.4 Å². The molecule has 0 atom stereocenters. The van der Waals surface area contributed by atoms with Gasteiger partial charge in [-0.3, -0.25) is 0 Å². The Balaban J connectivity index is 2.79. The van der Waals surface area contributed by atoms with Gasteiger partial charge in [0.25, 0.3) is 0 Å². The lowest BCUT2D eigenvalue weighted by atomic mass is 10.2. The SMILES string of the molecule is C=Cc1ncsc1CCC. The van der Waals surface area contributed by atoms with E-state index in [2.05, 4.69) is 18.5 Å². The van der Waals surface area contributed by atoms with Crippen LogP contribution in [0.5, 0.6) is 0 Å². The zero-order valence-corrected chi connectivity index (χ0v) is 6.95. The summed E-state index contributed by atoms with van der Waals surface area (Å²) in [6.07, 6.45) is 4.14. The van der Waals surface area contributed by atoms with E-state index in [4.69, 9.17) is 0 Å². The average Bonchev–Trinajstić information content (AvgIpc) is 2.36. The Kier molecular flexibility index (Phi) is 2.63. The molecule has 2 heteroatoms. The highest BCUT2D eigenvalue weighted by molar-refractivity contribution is 7.09. The molecule has 1 heterocycles. The maximum atomic E-state index is 4.15. The first kappa shape index (κ1) is 7.48. The van der Waals surface area contributed by atoms with E-state index >= 15 is 0 Å². The van der Waals surface area contributed by atoms with E-state index in [0.29, 0.717) is 0 Å². The van der Waals surface area contributed by atoms with Crippen LogP contribution in [-0.4, -0.2) is 4.98 Å². The van der Waals surface area contributed by atoms with Crippen molar-refractivity contribution in [3.8, 4) is 0 Å². The lowest BCUT2D eigenvalue weighted by Gasteiger charge is -1.91.